The summed E-state index contributed by atoms with van der Waals surface area (Å²) >= 11 is 0. The van der Waals surface area contributed by atoms with Crippen molar-refractivity contribution < 1.29 is 5.21 Å². The Balaban J connectivity index is 2.11. The van der Waals surface area contributed by atoms with Crippen LogP contribution in [0.2, 0.25) is 0 Å². The number of hydrogen-bond donors (Lipinski definition) is 3. The molecule has 0 saturated carbocycles. The van der Waals surface area contributed by atoms with Crippen LogP contribution >= 0.6 is 0 Å². The van der Waals surface area contributed by atoms with E-state index in [0.717, 1.165) is 32.5 Å². The van der Waals surface area contributed by atoms with Crippen LogP contribution in [0.25, 0.3) is 0 Å². The summed E-state index contributed by atoms with van der Waals surface area (Å²) in [5.41, 5.74) is 6.56. The van der Waals surface area contributed by atoms with Crippen molar-refractivity contribution >= 4 is 5.84 Å². The maximum atomic E-state index is 8.68. The Hall–Kier alpha value is -1.56. The molecule has 1 heterocycles. The first-order chi connectivity index (χ1) is 8.95. The fourth-order valence-corrected chi connectivity index (χ4v) is 1.83. The van der Waals surface area contributed by atoms with Gasteiger partial charge in [-0.15, -0.1) is 0 Å². The summed E-state index contributed by atoms with van der Waals surface area (Å²) in [5.74, 6) is 0.291. The molecule has 0 aromatic carbocycles. The Bertz CT molecular complexity index is 411. The van der Waals surface area contributed by atoms with Crippen LogP contribution < -0.4 is 11.1 Å². The number of aromatic nitrogens is 2. The lowest BCUT2D eigenvalue weighted by atomic mass is 9.86. The van der Waals surface area contributed by atoms with E-state index in [1.165, 1.54) is 5.56 Å². The molecular weight excluding hydrogens is 242 g/mol. The largest absolute Gasteiger partial charge is 0.409 e. The molecule has 108 valence electrons. The maximum Gasteiger partial charge on any atom is 0.144 e. The first-order valence-corrected chi connectivity index (χ1v) is 6.63. The summed E-state index contributed by atoms with van der Waals surface area (Å²) in [5, 5.41) is 19.3. The first-order valence-electron chi connectivity index (χ1n) is 6.63. The number of hydrogen-bond acceptors (Lipinski definition) is 4. The first kappa shape index (κ1) is 15.5. The summed E-state index contributed by atoms with van der Waals surface area (Å²) < 4.78 is 1.93. The van der Waals surface area contributed by atoms with E-state index in [4.69, 9.17) is 10.9 Å². The molecule has 0 aliphatic carbocycles. The van der Waals surface area contributed by atoms with Crippen molar-refractivity contribution in [3.63, 3.8) is 0 Å². The van der Waals surface area contributed by atoms with E-state index in [1.54, 1.807) is 0 Å². The van der Waals surface area contributed by atoms with Crippen LogP contribution in [-0.2, 0) is 6.54 Å². The molecule has 0 spiro atoms. The van der Waals surface area contributed by atoms with E-state index in [1.807, 2.05) is 37.8 Å². The number of oxime groups is 1. The number of nitrogens with zero attached hydrogens (tertiary/aromatic N) is 3. The Morgan fingerprint density at radius 1 is 1.53 bits per heavy atom. The minimum absolute atomic E-state index is 0.254. The molecule has 0 atom stereocenters. The van der Waals surface area contributed by atoms with Crippen molar-refractivity contribution in [1.82, 2.24) is 15.1 Å². The molecular formula is C13H25N5O. The van der Waals surface area contributed by atoms with Gasteiger partial charge < -0.3 is 16.3 Å². The van der Waals surface area contributed by atoms with Gasteiger partial charge in [0.1, 0.15) is 5.84 Å². The number of nitrogens with one attached hydrogen (secondary N) is 1. The van der Waals surface area contributed by atoms with Gasteiger partial charge in [0.15, 0.2) is 0 Å². The molecule has 0 unspecified atom stereocenters. The predicted molar refractivity (Wildman–Crippen MR) is 76.3 cm³/mol. The molecule has 4 N–H and O–H groups in total. The molecule has 6 heteroatoms. The Morgan fingerprint density at radius 3 is 2.84 bits per heavy atom. The van der Waals surface area contributed by atoms with Gasteiger partial charge in [-0.1, -0.05) is 19.0 Å². The van der Waals surface area contributed by atoms with Gasteiger partial charge in [0.25, 0.3) is 0 Å². The van der Waals surface area contributed by atoms with Gasteiger partial charge in [-0.3, -0.25) is 4.68 Å². The van der Waals surface area contributed by atoms with Crippen LogP contribution in [0.5, 0.6) is 0 Å². The van der Waals surface area contributed by atoms with E-state index >= 15 is 0 Å². The van der Waals surface area contributed by atoms with Gasteiger partial charge >= 0.3 is 0 Å². The van der Waals surface area contributed by atoms with Gasteiger partial charge in [-0.25, -0.2) is 0 Å². The van der Waals surface area contributed by atoms with Crippen molar-refractivity contribution in [3.8, 4) is 0 Å². The number of nitrogens with two attached hydrogens (primary N) is 1. The normalized spacial score (nSPS) is 12.9. The van der Waals surface area contributed by atoms with Gasteiger partial charge in [0, 0.05) is 18.2 Å². The quantitative estimate of drug-likeness (QED) is 0.218. The molecule has 1 rings (SSSR count). The van der Waals surface area contributed by atoms with Crippen LogP contribution in [0.4, 0.5) is 0 Å². The second kappa shape index (κ2) is 7.13. The third kappa shape index (κ3) is 5.30. The SMILES string of the molecule is Cc1cnn(CCNCCCC(C)(C)C(N)=NO)c1. The lowest BCUT2D eigenvalue weighted by molar-refractivity contribution is 0.304. The molecule has 0 aliphatic heterocycles. The summed E-state index contributed by atoms with van der Waals surface area (Å²) in [4.78, 5) is 0. The molecule has 0 saturated heterocycles. The smallest absolute Gasteiger partial charge is 0.144 e. The highest BCUT2D eigenvalue weighted by atomic mass is 16.4. The van der Waals surface area contributed by atoms with Crippen molar-refractivity contribution in [2.24, 2.45) is 16.3 Å². The highest BCUT2D eigenvalue weighted by molar-refractivity contribution is 5.85. The van der Waals surface area contributed by atoms with Crippen molar-refractivity contribution in [1.29, 1.82) is 0 Å². The van der Waals surface area contributed by atoms with Crippen LogP contribution in [-0.4, -0.2) is 33.9 Å². The lowest BCUT2D eigenvalue weighted by Crippen LogP contribution is -2.33. The Morgan fingerprint density at radius 2 is 2.26 bits per heavy atom. The maximum absolute atomic E-state index is 8.68. The zero-order chi connectivity index (χ0) is 14.3. The molecule has 1 aromatic heterocycles. The second-order valence-electron chi connectivity index (χ2n) is 5.50. The Kier molecular flexibility index (Phi) is 5.82. The average molecular weight is 267 g/mol. The van der Waals surface area contributed by atoms with Crippen molar-refractivity contribution in [2.45, 2.75) is 40.2 Å². The van der Waals surface area contributed by atoms with Crippen molar-refractivity contribution in [2.75, 3.05) is 13.1 Å². The minimum atomic E-state index is -0.254. The predicted octanol–water partition coefficient (Wildman–Crippen LogP) is 1.33. The fourth-order valence-electron chi connectivity index (χ4n) is 1.83. The molecule has 1 aromatic rings. The summed E-state index contributed by atoms with van der Waals surface area (Å²) in [6.07, 6.45) is 5.76. The van der Waals surface area contributed by atoms with Crippen LogP contribution in [0.15, 0.2) is 17.5 Å². The van der Waals surface area contributed by atoms with Crippen molar-refractivity contribution in [3.05, 3.63) is 18.0 Å². The van der Waals surface area contributed by atoms with Gasteiger partial charge in [-0.05, 0) is 31.9 Å². The highest BCUT2D eigenvalue weighted by Crippen LogP contribution is 2.21. The molecule has 0 radical (unpaired) electrons. The fraction of sp³-hybridized carbons (Fsp3) is 0.692. The van der Waals surface area contributed by atoms with E-state index in [2.05, 4.69) is 15.6 Å². The third-order valence-electron chi connectivity index (χ3n) is 3.24. The molecule has 0 bridgehead atoms. The molecule has 6 nitrogen and oxygen atoms in total. The minimum Gasteiger partial charge on any atom is -0.409 e. The highest BCUT2D eigenvalue weighted by Gasteiger charge is 2.22. The zero-order valence-electron chi connectivity index (χ0n) is 12.1. The number of rotatable bonds is 8. The molecule has 0 aliphatic rings. The Labute approximate surface area is 114 Å². The van der Waals surface area contributed by atoms with Crippen LogP contribution in [0.1, 0.15) is 32.3 Å². The topological polar surface area (TPSA) is 88.5 Å². The zero-order valence-corrected chi connectivity index (χ0v) is 12.1. The van der Waals surface area contributed by atoms with Gasteiger partial charge in [0.05, 0.1) is 12.7 Å². The van der Waals surface area contributed by atoms with E-state index in [9.17, 15) is 0 Å². The molecule has 0 amide bonds. The summed E-state index contributed by atoms with van der Waals surface area (Å²) in [6.45, 7) is 8.68. The van der Waals surface area contributed by atoms with Crippen LogP contribution in [0, 0.1) is 12.3 Å². The third-order valence-corrected chi connectivity index (χ3v) is 3.24. The second-order valence-corrected chi connectivity index (χ2v) is 5.50. The van der Waals surface area contributed by atoms with E-state index in [0.29, 0.717) is 5.84 Å². The monoisotopic (exact) mass is 267 g/mol. The number of amidine groups is 1. The summed E-state index contributed by atoms with van der Waals surface area (Å²) in [6, 6.07) is 0. The molecule has 0 fully saturated rings. The standard InChI is InChI=1S/C13H25N5O/c1-11-9-16-18(10-11)8-7-15-6-4-5-13(2,3)12(14)17-19/h9-10,15,19H,4-8H2,1-3H3,(H2,14,17). The van der Waals surface area contributed by atoms with Crippen LogP contribution in [0.3, 0.4) is 0 Å². The van der Waals surface area contributed by atoms with Gasteiger partial charge in [-0.2, -0.15) is 5.10 Å². The lowest BCUT2D eigenvalue weighted by Gasteiger charge is -2.22. The average Bonchev–Trinajstić information content (AvgIpc) is 2.78. The van der Waals surface area contributed by atoms with Gasteiger partial charge in [0.2, 0.25) is 0 Å². The summed E-state index contributed by atoms with van der Waals surface area (Å²) in [7, 11) is 0. The molecule has 19 heavy (non-hydrogen) atoms. The van der Waals surface area contributed by atoms with E-state index < -0.39 is 0 Å². The van der Waals surface area contributed by atoms with E-state index in [-0.39, 0.29) is 5.41 Å². The number of aryl methyl sites for hydroxylation is 1.